The van der Waals surface area contributed by atoms with Crippen LogP contribution in [0.1, 0.15) is 46.5 Å². The molecule has 0 aromatic rings. The van der Waals surface area contributed by atoms with Gasteiger partial charge >= 0.3 is 0 Å². The highest BCUT2D eigenvalue weighted by Crippen LogP contribution is 2.18. The molecule has 2 N–H and O–H groups in total. The van der Waals surface area contributed by atoms with Gasteiger partial charge in [0.05, 0.1) is 6.10 Å². The molecule has 0 aromatic heterocycles. The van der Waals surface area contributed by atoms with Gasteiger partial charge in [0, 0.05) is 25.3 Å². The highest BCUT2D eigenvalue weighted by molar-refractivity contribution is 4.81. The summed E-state index contributed by atoms with van der Waals surface area (Å²) in [5.41, 5.74) is 0. The molecule has 1 heterocycles. The summed E-state index contributed by atoms with van der Waals surface area (Å²) in [4.78, 5) is 0. The Morgan fingerprint density at radius 1 is 1.44 bits per heavy atom. The molecule has 3 heteroatoms. The van der Waals surface area contributed by atoms with E-state index in [0.717, 1.165) is 32.3 Å². The quantitative estimate of drug-likeness (QED) is 0.731. The molecule has 0 saturated carbocycles. The lowest BCUT2D eigenvalue weighted by Gasteiger charge is -2.34. The molecule has 3 unspecified atom stereocenters. The second-order valence-corrected chi connectivity index (χ2v) is 5.15. The van der Waals surface area contributed by atoms with E-state index in [0.29, 0.717) is 24.1 Å². The van der Waals surface area contributed by atoms with E-state index in [1.807, 2.05) is 0 Å². The van der Waals surface area contributed by atoms with Crippen LogP contribution >= 0.6 is 0 Å². The number of nitrogens with one attached hydrogen (secondary N) is 1. The summed E-state index contributed by atoms with van der Waals surface area (Å²) in [7, 11) is 0. The zero-order valence-electron chi connectivity index (χ0n) is 10.9. The van der Waals surface area contributed by atoms with Gasteiger partial charge in [0.25, 0.3) is 0 Å². The summed E-state index contributed by atoms with van der Waals surface area (Å²) in [5, 5.41) is 12.7. The molecule has 1 aliphatic rings. The van der Waals surface area contributed by atoms with Gasteiger partial charge in [-0.15, -0.1) is 0 Å². The molecule has 0 bridgehead atoms. The van der Waals surface area contributed by atoms with Gasteiger partial charge in [-0.3, -0.25) is 0 Å². The van der Waals surface area contributed by atoms with Crippen molar-refractivity contribution in [1.82, 2.24) is 5.32 Å². The molecule has 3 nitrogen and oxygen atoms in total. The molecule has 0 radical (unpaired) electrons. The van der Waals surface area contributed by atoms with E-state index >= 15 is 0 Å². The largest absolute Gasteiger partial charge is 0.396 e. The fourth-order valence-corrected chi connectivity index (χ4v) is 2.37. The summed E-state index contributed by atoms with van der Waals surface area (Å²) in [6, 6.07) is 1.00. The average molecular weight is 229 g/mol. The third-order valence-corrected chi connectivity index (χ3v) is 3.52. The predicted molar refractivity (Wildman–Crippen MR) is 66.5 cm³/mol. The molecular weight excluding hydrogens is 202 g/mol. The van der Waals surface area contributed by atoms with Crippen molar-refractivity contribution >= 4 is 0 Å². The van der Waals surface area contributed by atoms with Gasteiger partial charge in [0.15, 0.2) is 0 Å². The van der Waals surface area contributed by atoms with E-state index in [9.17, 15) is 0 Å². The van der Waals surface area contributed by atoms with Gasteiger partial charge < -0.3 is 15.2 Å². The first kappa shape index (κ1) is 13.9. The minimum Gasteiger partial charge on any atom is -0.396 e. The monoisotopic (exact) mass is 229 g/mol. The zero-order valence-corrected chi connectivity index (χ0v) is 10.9. The number of ether oxygens (including phenoxy) is 1. The zero-order chi connectivity index (χ0) is 12.0. The lowest BCUT2D eigenvalue weighted by molar-refractivity contribution is -0.00354. The van der Waals surface area contributed by atoms with Crippen LogP contribution in [0.15, 0.2) is 0 Å². The molecule has 1 rings (SSSR count). The molecule has 16 heavy (non-hydrogen) atoms. The second kappa shape index (κ2) is 7.25. The van der Waals surface area contributed by atoms with Crippen LogP contribution < -0.4 is 5.32 Å². The number of aliphatic hydroxyl groups excluding tert-OH is 1. The van der Waals surface area contributed by atoms with Gasteiger partial charge in [-0.25, -0.2) is 0 Å². The number of rotatable bonds is 6. The summed E-state index contributed by atoms with van der Waals surface area (Å²) < 4.78 is 5.67. The maximum absolute atomic E-state index is 9.05. The molecule has 1 aliphatic heterocycles. The van der Waals surface area contributed by atoms with E-state index in [1.165, 1.54) is 0 Å². The van der Waals surface area contributed by atoms with Crippen molar-refractivity contribution in [2.24, 2.45) is 5.92 Å². The first-order chi connectivity index (χ1) is 7.67. The van der Waals surface area contributed by atoms with Crippen molar-refractivity contribution in [3.63, 3.8) is 0 Å². The van der Waals surface area contributed by atoms with Crippen molar-refractivity contribution in [2.45, 2.75) is 64.6 Å². The highest BCUT2D eigenvalue weighted by atomic mass is 16.5. The predicted octanol–water partition coefficient (Wildman–Crippen LogP) is 1.94. The first-order valence-corrected chi connectivity index (χ1v) is 6.65. The Bertz CT molecular complexity index is 185. The summed E-state index contributed by atoms with van der Waals surface area (Å²) in [6.07, 6.45) is 4.60. The molecule has 0 amide bonds. The Balaban J connectivity index is 2.38. The minimum atomic E-state index is 0.274. The fourth-order valence-electron chi connectivity index (χ4n) is 2.37. The van der Waals surface area contributed by atoms with Crippen LogP contribution in [0, 0.1) is 5.92 Å². The van der Waals surface area contributed by atoms with Gasteiger partial charge in [0.1, 0.15) is 0 Å². The summed E-state index contributed by atoms with van der Waals surface area (Å²) in [6.45, 7) is 7.75. The van der Waals surface area contributed by atoms with Crippen molar-refractivity contribution in [2.75, 3.05) is 13.2 Å². The van der Waals surface area contributed by atoms with Crippen LogP contribution in [0.2, 0.25) is 0 Å². The molecule has 0 aliphatic carbocycles. The highest BCUT2D eigenvalue weighted by Gasteiger charge is 2.24. The van der Waals surface area contributed by atoms with Gasteiger partial charge in [-0.05, 0) is 31.6 Å². The van der Waals surface area contributed by atoms with Crippen LogP contribution in [-0.2, 0) is 4.74 Å². The van der Waals surface area contributed by atoms with Crippen molar-refractivity contribution < 1.29 is 9.84 Å². The van der Waals surface area contributed by atoms with Crippen LogP contribution in [0.5, 0.6) is 0 Å². The van der Waals surface area contributed by atoms with Crippen LogP contribution in [0.4, 0.5) is 0 Å². The van der Waals surface area contributed by atoms with Crippen LogP contribution in [0.25, 0.3) is 0 Å². The maximum Gasteiger partial charge on any atom is 0.0587 e. The lowest BCUT2D eigenvalue weighted by Crippen LogP contribution is -2.46. The summed E-state index contributed by atoms with van der Waals surface area (Å²) >= 11 is 0. The van der Waals surface area contributed by atoms with Crippen LogP contribution in [0.3, 0.4) is 0 Å². The Labute approximate surface area is 99.6 Å². The lowest BCUT2D eigenvalue weighted by atomic mass is 9.96. The van der Waals surface area contributed by atoms with E-state index in [-0.39, 0.29) is 6.61 Å². The Morgan fingerprint density at radius 2 is 2.19 bits per heavy atom. The summed E-state index contributed by atoms with van der Waals surface area (Å²) in [5.74, 6) is 0.579. The van der Waals surface area contributed by atoms with Crippen molar-refractivity contribution in [1.29, 1.82) is 0 Å². The number of aliphatic hydroxyl groups is 1. The molecule has 1 saturated heterocycles. The third-order valence-electron chi connectivity index (χ3n) is 3.52. The molecule has 0 spiro atoms. The Hall–Kier alpha value is -0.120. The van der Waals surface area contributed by atoms with Crippen LogP contribution in [-0.4, -0.2) is 36.5 Å². The van der Waals surface area contributed by atoms with Gasteiger partial charge in [0.2, 0.25) is 0 Å². The second-order valence-electron chi connectivity index (χ2n) is 5.15. The third kappa shape index (κ3) is 4.40. The van der Waals surface area contributed by atoms with Gasteiger partial charge in [-0.1, -0.05) is 20.8 Å². The standard InChI is InChI=1S/C13H27NO2/c1-4-12-9-11(6-8-16-12)14-13(5-7-15)10(2)3/h10-15H,4-9H2,1-3H3. The van der Waals surface area contributed by atoms with E-state index < -0.39 is 0 Å². The minimum absolute atomic E-state index is 0.274. The molecule has 1 fully saturated rings. The van der Waals surface area contributed by atoms with E-state index in [2.05, 4.69) is 26.1 Å². The normalized spacial score (nSPS) is 28.3. The maximum atomic E-state index is 9.05. The number of hydrogen-bond donors (Lipinski definition) is 2. The SMILES string of the molecule is CCC1CC(NC(CCO)C(C)C)CCO1. The molecule has 0 aromatic carbocycles. The fraction of sp³-hybridized carbons (Fsp3) is 1.00. The van der Waals surface area contributed by atoms with E-state index in [1.54, 1.807) is 0 Å². The van der Waals surface area contributed by atoms with Crippen molar-refractivity contribution in [3.05, 3.63) is 0 Å². The van der Waals surface area contributed by atoms with Crippen molar-refractivity contribution in [3.8, 4) is 0 Å². The first-order valence-electron chi connectivity index (χ1n) is 6.65. The Kier molecular flexibility index (Phi) is 6.32. The smallest absolute Gasteiger partial charge is 0.0587 e. The van der Waals surface area contributed by atoms with Gasteiger partial charge in [-0.2, -0.15) is 0 Å². The Morgan fingerprint density at radius 3 is 2.75 bits per heavy atom. The molecule has 3 atom stereocenters. The molecular formula is C13H27NO2. The topological polar surface area (TPSA) is 41.5 Å². The molecule has 96 valence electrons. The number of hydrogen-bond acceptors (Lipinski definition) is 3. The van der Waals surface area contributed by atoms with E-state index in [4.69, 9.17) is 9.84 Å². The average Bonchev–Trinajstić information content (AvgIpc) is 2.28.